The van der Waals surface area contributed by atoms with Gasteiger partial charge in [0.1, 0.15) is 11.1 Å². The first-order valence-corrected chi connectivity index (χ1v) is 12.7. The summed E-state index contributed by atoms with van der Waals surface area (Å²) in [5, 5.41) is 0.492. The summed E-state index contributed by atoms with van der Waals surface area (Å²) >= 11 is 1.35. The van der Waals surface area contributed by atoms with E-state index in [1.54, 1.807) is 0 Å². The molecule has 1 aromatic heterocycles. The van der Waals surface area contributed by atoms with Crippen molar-refractivity contribution >= 4 is 11.9 Å². The van der Waals surface area contributed by atoms with Gasteiger partial charge in [0.05, 0.1) is 17.7 Å². The zero-order chi connectivity index (χ0) is 26.1. The van der Waals surface area contributed by atoms with Crippen LogP contribution in [0.5, 0.6) is 11.5 Å². The molecule has 0 amide bonds. The van der Waals surface area contributed by atoms with Crippen LogP contribution in [0.4, 0.5) is 26.3 Å². The zero-order valence-corrected chi connectivity index (χ0v) is 20.7. The van der Waals surface area contributed by atoms with Crippen molar-refractivity contribution in [2.45, 2.75) is 81.5 Å². The van der Waals surface area contributed by atoms with Crippen LogP contribution in [-0.4, -0.2) is 34.1 Å². The maximum atomic E-state index is 13.3. The van der Waals surface area contributed by atoms with Crippen LogP contribution in [0.15, 0.2) is 41.6 Å². The van der Waals surface area contributed by atoms with Crippen LogP contribution in [0, 0.1) is 5.92 Å². The summed E-state index contributed by atoms with van der Waals surface area (Å²) < 4.78 is 92.4. The van der Waals surface area contributed by atoms with Crippen LogP contribution in [-0.2, 0) is 12.4 Å². The summed E-state index contributed by atoms with van der Waals surface area (Å²) in [5.41, 5.74) is -1.58. The van der Waals surface area contributed by atoms with Gasteiger partial charge >= 0.3 is 12.4 Å². The highest BCUT2D eigenvalue weighted by atomic mass is 32.2. The molecule has 11 heteroatoms. The molecule has 0 saturated carbocycles. The van der Waals surface area contributed by atoms with E-state index in [9.17, 15) is 26.3 Å². The first-order valence-electron chi connectivity index (χ1n) is 11.9. The van der Waals surface area contributed by atoms with E-state index in [1.807, 2.05) is 13.8 Å². The van der Waals surface area contributed by atoms with E-state index in [2.05, 4.69) is 9.29 Å². The molecule has 0 N–H and O–H groups in total. The van der Waals surface area contributed by atoms with Gasteiger partial charge in [0.2, 0.25) is 0 Å². The molecule has 0 spiro atoms. The second kappa shape index (κ2) is 10.7. The molecule has 3 heterocycles. The molecule has 2 atom stereocenters. The zero-order valence-electron chi connectivity index (χ0n) is 19.9. The number of aromatic nitrogens is 1. The fraction of sp³-hybridized carbons (Fsp3) is 0.560. The first kappa shape index (κ1) is 26.9. The lowest BCUT2D eigenvalue weighted by molar-refractivity contribution is -0.138. The molecule has 0 unspecified atom stereocenters. The molecule has 198 valence electrons. The van der Waals surface area contributed by atoms with Gasteiger partial charge in [0.25, 0.3) is 0 Å². The van der Waals surface area contributed by atoms with Gasteiger partial charge in [0.15, 0.2) is 11.5 Å². The number of hydrogen-bond donors (Lipinski definition) is 0. The van der Waals surface area contributed by atoms with E-state index in [1.165, 1.54) is 24.1 Å². The van der Waals surface area contributed by atoms with Crippen LogP contribution < -0.4 is 9.47 Å². The lowest BCUT2D eigenvalue weighted by atomic mass is 9.85. The van der Waals surface area contributed by atoms with Crippen molar-refractivity contribution in [1.29, 1.82) is 0 Å². The van der Waals surface area contributed by atoms with Crippen LogP contribution in [0.1, 0.15) is 57.1 Å². The summed E-state index contributed by atoms with van der Waals surface area (Å²) in [5.74, 6) is 0.498. The largest absolute Gasteiger partial charge is 0.489 e. The Morgan fingerprint density at radius 2 is 1.58 bits per heavy atom. The summed E-state index contributed by atoms with van der Waals surface area (Å²) in [7, 11) is 0. The predicted molar refractivity (Wildman–Crippen MR) is 124 cm³/mol. The maximum absolute atomic E-state index is 13.3. The van der Waals surface area contributed by atoms with E-state index in [-0.39, 0.29) is 42.2 Å². The summed E-state index contributed by atoms with van der Waals surface area (Å²) in [6, 6.07) is 5.95. The van der Waals surface area contributed by atoms with Gasteiger partial charge in [-0.15, -0.1) is 0 Å². The second-order valence-electron chi connectivity index (χ2n) is 9.65. The average Bonchev–Trinajstić information content (AvgIpc) is 2.78. The molecule has 1 aromatic carbocycles. The van der Waals surface area contributed by atoms with E-state index >= 15 is 0 Å². The molecule has 0 radical (unpaired) electrons. The van der Waals surface area contributed by atoms with Gasteiger partial charge in [-0.05, 0) is 61.0 Å². The Balaban J connectivity index is 1.46. The Labute approximate surface area is 210 Å². The van der Waals surface area contributed by atoms with Crippen molar-refractivity contribution in [3.8, 4) is 11.5 Å². The molecule has 4 rings (SSSR count). The smallest absolute Gasteiger partial charge is 0.417 e. The molecular weight excluding hydrogens is 506 g/mol. The minimum atomic E-state index is -4.49. The standard InChI is InChI=1S/C25H28F6N2O2S/c1-15(2)14-34-22-10-16(24(26,27)28)6-8-21(22)35-20-11-18-4-3-5-19(12-20)33(18)36-23-9-7-17(13-32-23)25(29,30)31/h6-10,13,15,18-20H,3-5,11-12,14H2,1-2H3/t18-,19-/m1/s1. The molecular formula is C25H28F6N2O2S. The fourth-order valence-electron chi connectivity index (χ4n) is 4.57. The Hall–Kier alpha value is -2.14. The Bertz CT molecular complexity index is 1010. The molecule has 2 aromatic rings. The number of pyridine rings is 1. The molecule has 2 aliphatic heterocycles. The Morgan fingerprint density at radius 1 is 0.944 bits per heavy atom. The Kier molecular flexibility index (Phi) is 7.99. The monoisotopic (exact) mass is 534 g/mol. The summed E-state index contributed by atoms with van der Waals surface area (Å²) in [6.07, 6.45) is -4.17. The van der Waals surface area contributed by atoms with Crippen LogP contribution >= 0.6 is 11.9 Å². The van der Waals surface area contributed by atoms with Crippen LogP contribution in [0.25, 0.3) is 0 Å². The van der Waals surface area contributed by atoms with Crippen LogP contribution in [0.2, 0.25) is 0 Å². The van der Waals surface area contributed by atoms with Crippen molar-refractivity contribution in [2.75, 3.05) is 6.61 Å². The minimum absolute atomic E-state index is 0.0782. The van der Waals surface area contributed by atoms with Gasteiger partial charge in [0, 0.05) is 31.1 Å². The van der Waals surface area contributed by atoms with E-state index in [0.717, 1.165) is 43.7 Å². The Morgan fingerprint density at radius 3 is 2.14 bits per heavy atom. The second-order valence-corrected chi connectivity index (χ2v) is 10.7. The molecule has 36 heavy (non-hydrogen) atoms. The normalized spacial score (nSPS) is 23.1. The lowest BCUT2D eigenvalue weighted by Gasteiger charge is -2.47. The number of ether oxygens (including phenoxy) is 2. The van der Waals surface area contributed by atoms with Crippen molar-refractivity contribution < 1.29 is 35.8 Å². The fourth-order valence-corrected chi connectivity index (χ4v) is 5.70. The highest BCUT2D eigenvalue weighted by molar-refractivity contribution is 7.97. The van der Waals surface area contributed by atoms with E-state index < -0.39 is 23.5 Å². The number of hydrogen-bond acceptors (Lipinski definition) is 5. The third kappa shape index (κ3) is 6.59. The average molecular weight is 535 g/mol. The first-order chi connectivity index (χ1) is 16.9. The van der Waals surface area contributed by atoms with Gasteiger partial charge in [-0.25, -0.2) is 9.29 Å². The number of rotatable bonds is 7. The third-order valence-corrected chi connectivity index (χ3v) is 7.50. The van der Waals surface area contributed by atoms with Crippen molar-refractivity contribution in [3.05, 3.63) is 47.7 Å². The quantitative estimate of drug-likeness (QED) is 0.270. The lowest BCUT2D eigenvalue weighted by Crippen LogP contribution is -2.51. The molecule has 2 aliphatic rings. The van der Waals surface area contributed by atoms with E-state index in [0.29, 0.717) is 17.9 Å². The molecule has 4 nitrogen and oxygen atoms in total. The summed E-state index contributed by atoms with van der Waals surface area (Å²) in [4.78, 5) is 3.99. The number of halogens is 6. The minimum Gasteiger partial charge on any atom is -0.489 e. The van der Waals surface area contributed by atoms with Crippen molar-refractivity contribution in [1.82, 2.24) is 9.29 Å². The van der Waals surface area contributed by atoms with Gasteiger partial charge in [-0.2, -0.15) is 26.3 Å². The highest BCUT2D eigenvalue weighted by Crippen LogP contribution is 2.43. The third-order valence-electron chi connectivity index (χ3n) is 6.26. The van der Waals surface area contributed by atoms with Gasteiger partial charge in [-0.1, -0.05) is 20.3 Å². The molecule has 0 aliphatic carbocycles. The predicted octanol–water partition coefficient (Wildman–Crippen LogP) is 7.63. The summed E-state index contributed by atoms with van der Waals surface area (Å²) in [6.45, 7) is 4.08. The van der Waals surface area contributed by atoms with Crippen molar-refractivity contribution in [3.63, 3.8) is 0 Å². The van der Waals surface area contributed by atoms with Gasteiger partial charge in [-0.3, -0.25) is 0 Å². The van der Waals surface area contributed by atoms with Crippen LogP contribution in [0.3, 0.4) is 0 Å². The SMILES string of the molecule is CC(C)COc1cc(C(F)(F)F)ccc1OC1C[C@H]2CCC[C@H](C1)N2Sc1ccc(C(F)(F)F)cn1. The molecule has 2 fully saturated rings. The maximum Gasteiger partial charge on any atom is 0.417 e. The number of piperidine rings is 2. The topological polar surface area (TPSA) is 34.6 Å². The highest BCUT2D eigenvalue weighted by Gasteiger charge is 2.41. The number of fused-ring (bicyclic) bond motifs is 2. The van der Waals surface area contributed by atoms with Gasteiger partial charge < -0.3 is 9.47 Å². The molecule has 2 saturated heterocycles. The number of alkyl halides is 6. The molecule has 2 bridgehead atoms. The van der Waals surface area contributed by atoms with E-state index in [4.69, 9.17) is 9.47 Å². The number of benzene rings is 1. The van der Waals surface area contributed by atoms with Crippen molar-refractivity contribution in [2.24, 2.45) is 5.92 Å². The number of nitrogens with zero attached hydrogens (tertiary/aromatic N) is 2.